The second-order valence-corrected chi connectivity index (χ2v) is 4.52. The number of nitrogens with one attached hydrogen (secondary N) is 1. The Hall–Kier alpha value is -0.610. The average Bonchev–Trinajstić information content (AvgIpc) is 2.53. The van der Waals surface area contributed by atoms with Gasteiger partial charge in [-0.1, -0.05) is 0 Å². The average molecular weight is 198 g/mol. The first-order valence-electron chi connectivity index (χ1n) is 5.34. The normalized spacial score (nSPS) is 29.6. The number of nitrogens with two attached hydrogens (primary N) is 1. The van der Waals surface area contributed by atoms with Crippen molar-refractivity contribution in [2.24, 2.45) is 5.73 Å². The van der Waals surface area contributed by atoms with Crippen LogP contribution in [0.25, 0.3) is 0 Å². The maximum Gasteiger partial charge on any atom is 0.222 e. The van der Waals surface area contributed by atoms with Crippen molar-refractivity contribution in [3.05, 3.63) is 0 Å². The zero-order valence-electron chi connectivity index (χ0n) is 8.42. The van der Waals surface area contributed by atoms with E-state index >= 15 is 0 Å². The first kappa shape index (κ1) is 9.93. The highest BCUT2D eigenvalue weighted by Gasteiger charge is 2.35. The molecule has 3 N–H and O–H groups in total. The van der Waals surface area contributed by atoms with Crippen molar-refractivity contribution in [1.82, 2.24) is 5.32 Å². The minimum Gasteiger partial charge on any atom is -0.379 e. The molecule has 2 aliphatic rings. The number of rotatable bonds is 3. The Bertz CT molecular complexity index is 220. The lowest BCUT2D eigenvalue weighted by molar-refractivity contribution is -0.123. The summed E-state index contributed by atoms with van der Waals surface area (Å²) < 4.78 is 5.18. The third kappa shape index (κ3) is 2.25. The zero-order chi connectivity index (χ0) is 10.0. The predicted octanol–water partition coefficient (Wildman–Crippen LogP) is 0.163. The minimum absolute atomic E-state index is 0.0858. The van der Waals surface area contributed by atoms with E-state index in [1.807, 2.05) is 0 Å². The summed E-state index contributed by atoms with van der Waals surface area (Å²) in [7, 11) is 0. The number of hydrogen-bond donors (Lipinski definition) is 2. The molecule has 1 aliphatic carbocycles. The number of carbonyl (C=O) groups excluding carboxylic acids is 1. The molecule has 0 bridgehead atoms. The highest BCUT2D eigenvalue weighted by molar-refractivity contribution is 5.77. The largest absolute Gasteiger partial charge is 0.379 e. The van der Waals surface area contributed by atoms with Gasteiger partial charge in [-0.3, -0.25) is 4.79 Å². The van der Waals surface area contributed by atoms with Crippen LogP contribution in [0.2, 0.25) is 0 Å². The molecule has 1 aliphatic heterocycles. The third-order valence-corrected chi connectivity index (χ3v) is 3.16. The Morgan fingerprint density at radius 2 is 2.36 bits per heavy atom. The summed E-state index contributed by atoms with van der Waals surface area (Å²) in [5.41, 5.74) is 5.78. The number of hydrogen-bond acceptors (Lipinski definition) is 3. The van der Waals surface area contributed by atoms with Gasteiger partial charge in [-0.2, -0.15) is 0 Å². The molecule has 1 saturated heterocycles. The predicted molar refractivity (Wildman–Crippen MR) is 52.8 cm³/mol. The summed E-state index contributed by atoms with van der Waals surface area (Å²) in [4.78, 5) is 11.6. The van der Waals surface area contributed by atoms with Gasteiger partial charge in [0.25, 0.3) is 0 Å². The molecule has 0 aromatic heterocycles. The van der Waals surface area contributed by atoms with Crippen LogP contribution in [0.4, 0.5) is 0 Å². The monoisotopic (exact) mass is 198 g/mol. The molecule has 1 atom stereocenters. The topological polar surface area (TPSA) is 64.4 Å². The summed E-state index contributed by atoms with van der Waals surface area (Å²) in [5, 5.41) is 2.96. The van der Waals surface area contributed by atoms with Gasteiger partial charge in [0, 0.05) is 18.6 Å². The van der Waals surface area contributed by atoms with Crippen molar-refractivity contribution in [2.45, 2.75) is 43.7 Å². The SMILES string of the molecule is NC1(CC(=O)NC2CCOC2)CCC1. The number of amides is 1. The molecule has 1 amide bonds. The molecule has 0 radical (unpaired) electrons. The van der Waals surface area contributed by atoms with E-state index in [-0.39, 0.29) is 17.5 Å². The van der Waals surface area contributed by atoms with Crippen molar-refractivity contribution in [2.75, 3.05) is 13.2 Å². The Labute approximate surface area is 84.2 Å². The molecule has 2 rings (SSSR count). The molecule has 1 saturated carbocycles. The van der Waals surface area contributed by atoms with Gasteiger partial charge in [0.1, 0.15) is 0 Å². The Balaban J connectivity index is 1.72. The van der Waals surface area contributed by atoms with Gasteiger partial charge in [-0.05, 0) is 25.7 Å². The van der Waals surface area contributed by atoms with Crippen LogP contribution in [0.5, 0.6) is 0 Å². The first-order valence-corrected chi connectivity index (χ1v) is 5.34. The van der Waals surface area contributed by atoms with Crippen LogP contribution < -0.4 is 11.1 Å². The summed E-state index contributed by atoms with van der Waals surface area (Å²) in [6.45, 7) is 1.42. The van der Waals surface area contributed by atoms with Gasteiger partial charge in [0.05, 0.1) is 12.6 Å². The maximum atomic E-state index is 11.6. The van der Waals surface area contributed by atoms with Crippen molar-refractivity contribution in [3.63, 3.8) is 0 Å². The van der Waals surface area contributed by atoms with Gasteiger partial charge < -0.3 is 15.8 Å². The first-order chi connectivity index (χ1) is 6.68. The lowest BCUT2D eigenvalue weighted by Gasteiger charge is -2.37. The van der Waals surface area contributed by atoms with Gasteiger partial charge in [0.2, 0.25) is 5.91 Å². The fourth-order valence-corrected chi connectivity index (χ4v) is 2.05. The van der Waals surface area contributed by atoms with Crippen molar-refractivity contribution >= 4 is 5.91 Å². The maximum absolute atomic E-state index is 11.6. The van der Waals surface area contributed by atoms with Crippen molar-refractivity contribution in [1.29, 1.82) is 0 Å². The van der Waals surface area contributed by atoms with E-state index in [0.717, 1.165) is 32.3 Å². The van der Waals surface area contributed by atoms with Gasteiger partial charge in [-0.15, -0.1) is 0 Å². The van der Waals surface area contributed by atoms with Crippen LogP contribution in [-0.2, 0) is 9.53 Å². The van der Waals surface area contributed by atoms with E-state index in [9.17, 15) is 4.79 Å². The molecule has 4 nitrogen and oxygen atoms in total. The van der Waals surface area contributed by atoms with E-state index < -0.39 is 0 Å². The van der Waals surface area contributed by atoms with Crippen LogP contribution in [0.3, 0.4) is 0 Å². The number of ether oxygens (including phenoxy) is 1. The molecule has 2 fully saturated rings. The van der Waals surface area contributed by atoms with Crippen LogP contribution in [-0.4, -0.2) is 30.7 Å². The smallest absolute Gasteiger partial charge is 0.222 e. The summed E-state index contributed by atoms with van der Waals surface area (Å²) in [6.07, 6.45) is 4.55. The second-order valence-electron chi connectivity index (χ2n) is 4.52. The Morgan fingerprint density at radius 1 is 1.57 bits per heavy atom. The van der Waals surface area contributed by atoms with E-state index in [2.05, 4.69) is 5.32 Å². The molecule has 1 unspecified atom stereocenters. The third-order valence-electron chi connectivity index (χ3n) is 3.16. The molecule has 0 aromatic carbocycles. The molecule has 80 valence electrons. The lowest BCUT2D eigenvalue weighted by atomic mass is 9.75. The molecular weight excluding hydrogens is 180 g/mol. The van der Waals surface area contributed by atoms with Gasteiger partial charge in [0.15, 0.2) is 0 Å². The van der Waals surface area contributed by atoms with Crippen molar-refractivity contribution in [3.8, 4) is 0 Å². The van der Waals surface area contributed by atoms with Crippen LogP contribution in [0.15, 0.2) is 0 Å². The molecule has 0 aromatic rings. The zero-order valence-corrected chi connectivity index (χ0v) is 8.42. The standard InChI is InChI=1S/C10H18N2O2/c11-10(3-1-4-10)6-9(13)12-8-2-5-14-7-8/h8H,1-7,11H2,(H,12,13). The van der Waals surface area contributed by atoms with Gasteiger partial charge in [-0.25, -0.2) is 0 Å². The molecule has 4 heteroatoms. The fraction of sp³-hybridized carbons (Fsp3) is 0.900. The number of carbonyl (C=O) groups is 1. The summed E-state index contributed by atoms with van der Waals surface area (Å²) in [6, 6.07) is 0.214. The van der Waals surface area contributed by atoms with Gasteiger partial charge >= 0.3 is 0 Å². The van der Waals surface area contributed by atoms with E-state index in [0.29, 0.717) is 13.0 Å². The quantitative estimate of drug-likeness (QED) is 0.679. The lowest BCUT2D eigenvalue weighted by Crippen LogP contribution is -2.51. The van der Waals surface area contributed by atoms with Crippen LogP contribution in [0, 0.1) is 0 Å². The summed E-state index contributed by atoms with van der Waals surface area (Å²) >= 11 is 0. The van der Waals surface area contributed by atoms with Crippen molar-refractivity contribution < 1.29 is 9.53 Å². The van der Waals surface area contributed by atoms with E-state index in [1.54, 1.807) is 0 Å². The highest BCUT2D eigenvalue weighted by atomic mass is 16.5. The summed E-state index contributed by atoms with van der Waals surface area (Å²) in [5.74, 6) is 0.0858. The Kier molecular flexibility index (Phi) is 2.74. The van der Waals surface area contributed by atoms with E-state index in [1.165, 1.54) is 0 Å². The van der Waals surface area contributed by atoms with Crippen LogP contribution >= 0.6 is 0 Å². The molecule has 0 spiro atoms. The van der Waals surface area contributed by atoms with Crippen LogP contribution in [0.1, 0.15) is 32.1 Å². The molecule has 14 heavy (non-hydrogen) atoms. The van der Waals surface area contributed by atoms with E-state index in [4.69, 9.17) is 10.5 Å². The molecule has 1 heterocycles. The Morgan fingerprint density at radius 3 is 2.86 bits per heavy atom. The highest BCUT2D eigenvalue weighted by Crippen LogP contribution is 2.31. The molecular formula is C10H18N2O2. The minimum atomic E-state index is -0.205. The fourth-order valence-electron chi connectivity index (χ4n) is 2.05. The second kappa shape index (κ2) is 3.87.